The summed E-state index contributed by atoms with van der Waals surface area (Å²) < 4.78 is 32.0. The van der Waals surface area contributed by atoms with Crippen molar-refractivity contribution in [3.8, 4) is 23.5 Å². The Balaban J connectivity index is 2.03. The molecule has 24 heavy (non-hydrogen) atoms. The summed E-state index contributed by atoms with van der Waals surface area (Å²) in [4.78, 5) is 17.0. The zero-order valence-electron chi connectivity index (χ0n) is 12.5. The van der Waals surface area contributed by atoms with Crippen LogP contribution < -0.4 is 0 Å². The molecule has 2 aromatic rings. The zero-order chi connectivity index (χ0) is 17.5. The number of benzene rings is 1. The van der Waals surface area contributed by atoms with Gasteiger partial charge in [0.2, 0.25) is 5.91 Å². The molecule has 0 radical (unpaired) electrons. The molecule has 1 heterocycles. The monoisotopic (exact) mass is 330 g/mol. The normalized spacial score (nSPS) is 10.0. The molecule has 0 saturated carbocycles. The van der Waals surface area contributed by atoms with Gasteiger partial charge < -0.3 is 9.32 Å². The van der Waals surface area contributed by atoms with Crippen LogP contribution in [0.4, 0.5) is 8.78 Å². The molecule has 0 N–H and O–H groups in total. The highest BCUT2D eigenvalue weighted by molar-refractivity contribution is 5.76. The van der Waals surface area contributed by atoms with Crippen LogP contribution in [0.5, 0.6) is 0 Å². The molecule has 1 amide bonds. The van der Waals surface area contributed by atoms with Gasteiger partial charge in [-0.3, -0.25) is 4.79 Å². The lowest BCUT2D eigenvalue weighted by Crippen LogP contribution is -2.31. The number of amides is 1. The van der Waals surface area contributed by atoms with Gasteiger partial charge in [-0.15, -0.1) is 0 Å². The highest BCUT2D eigenvalue weighted by atomic mass is 19.1. The lowest BCUT2D eigenvalue weighted by molar-refractivity contribution is -0.130. The molecular weight excluding hydrogens is 318 g/mol. The summed E-state index contributed by atoms with van der Waals surface area (Å²) in [5.41, 5.74) is 0.0667. The van der Waals surface area contributed by atoms with E-state index in [1.54, 1.807) is 0 Å². The average Bonchev–Trinajstić information content (AvgIpc) is 3.01. The summed E-state index contributed by atoms with van der Waals surface area (Å²) in [6.45, 7) is -0.353. The Morgan fingerprint density at radius 1 is 1.25 bits per heavy atom. The topological polar surface area (TPSA) is 93.9 Å². The number of carbonyl (C=O) groups is 1. The number of oxazole rings is 1. The van der Waals surface area contributed by atoms with Gasteiger partial charge in [-0.2, -0.15) is 10.5 Å². The van der Waals surface area contributed by atoms with Gasteiger partial charge in [0.15, 0.2) is 11.7 Å². The van der Waals surface area contributed by atoms with Crippen LogP contribution in [0.15, 0.2) is 28.8 Å². The predicted molar refractivity (Wildman–Crippen MR) is 78.0 cm³/mol. The summed E-state index contributed by atoms with van der Waals surface area (Å²) in [6.07, 6.45) is 1.42. The van der Waals surface area contributed by atoms with Gasteiger partial charge in [0.05, 0.1) is 23.9 Å². The lowest BCUT2D eigenvalue weighted by Gasteiger charge is -2.14. The fourth-order valence-electron chi connectivity index (χ4n) is 2.01. The molecule has 0 aliphatic rings. The third-order valence-electron chi connectivity index (χ3n) is 3.18. The van der Waals surface area contributed by atoms with E-state index in [-0.39, 0.29) is 49.1 Å². The van der Waals surface area contributed by atoms with E-state index >= 15 is 0 Å². The number of aryl methyl sites for hydroxylation is 1. The summed E-state index contributed by atoms with van der Waals surface area (Å²) in [5, 5.41) is 17.3. The molecule has 0 aliphatic heterocycles. The molecule has 0 unspecified atom stereocenters. The summed E-state index contributed by atoms with van der Waals surface area (Å²) in [5.74, 6) is -1.53. The Morgan fingerprint density at radius 3 is 2.58 bits per heavy atom. The molecule has 0 bridgehead atoms. The van der Waals surface area contributed by atoms with Gasteiger partial charge >= 0.3 is 0 Å². The van der Waals surface area contributed by atoms with Crippen molar-refractivity contribution in [1.82, 2.24) is 9.88 Å². The van der Waals surface area contributed by atoms with Crippen molar-refractivity contribution >= 4 is 5.91 Å². The van der Waals surface area contributed by atoms with Gasteiger partial charge in [-0.1, -0.05) is 0 Å². The second-order valence-corrected chi connectivity index (χ2v) is 4.81. The fraction of sp³-hybridized carbons (Fsp3) is 0.250. The average molecular weight is 330 g/mol. The predicted octanol–water partition coefficient (Wildman–Crippen LogP) is 2.43. The molecule has 0 spiro atoms. The Morgan fingerprint density at radius 2 is 1.96 bits per heavy atom. The summed E-state index contributed by atoms with van der Waals surface area (Å²) in [6, 6.07) is 6.70. The summed E-state index contributed by atoms with van der Waals surface area (Å²) >= 11 is 0. The SMILES string of the molecule is N#CCN(CC#N)C(=O)CCc1ncc(-c2ccc(F)cc2F)o1. The maximum absolute atomic E-state index is 13.7. The van der Waals surface area contributed by atoms with Gasteiger partial charge in [-0.05, 0) is 12.1 Å². The Labute approximate surface area is 136 Å². The van der Waals surface area contributed by atoms with Crippen LogP contribution in [0, 0.1) is 34.3 Å². The van der Waals surface area contributed by atoms with Crippen LogP contribution >= 0.6 is 0 Å². The molecule has 0 fully saturated rings. The minimum Gasteiger partial charge on any atom is -0.441 e. The van der Waals surface area contributed by atoms with Crippen LogP contribution in [0.2, 0.25) is 0 Å². The molecule has 122 valence electrons. The van der Waals surface area contributed by atoms with E-state index in [1.807, 2.05) is 12.1 Å². The molecule has 2 rings (SSSR count). The first-order valence-electron chi connectivity index (χ1n) is 6.97. The third-order valence-corrected chi connectivity index (χ3v) is 3.18. The molecule has 0 atom stereocenters. The lowest BCUT2D eigenvalue weighted by atomic mass is 10.2. The van der Waals surface area contributed by atoms with Crippen molar-refractivity contribution in [3.63, 3.8) is 0 Å². The summed E-state index contributed by atoms with van der Waals surface area (Å²) in [7, 11) is 0. The first kappa shape index (κ1) is 17.1. The van der Waals surface area contributed by atoms with E-state index in [0.29, 0.717) is 0 Å². The minimum atomic E-state index is -0.775. The van der Waals surface area contributed by atoms with Crippen LogP contribution in [-0.4, -0.2) is 28.9 Å². The molecule has 1 aromatic carbocycles. The maximum atomic E-state index is 13.7. The van der Waals surface area contributed by atoms with Gasteiger partial charge in [0, 0.05) is 18.9 Å². The highest BCUT2D eigenvalue weighted by Gasteiger charge is 2.16. The van der Waals surface area contributed by atoms with Crippen LogP contribution in [0.3, 0.4) is 0 Å². The van der Waals surface area contributed by atoms with Crippen LogP contribution in [-0.2, 0) is 11.2 Å². The number of aromatic nitrogens is 1. The van der Waals surface area contributed by atoms with Crippen LogP contribution in [0.25, 0.3) is 11.3 Å². The Kier molecular flexibility index (Phi) is 5.58. The molecular formula is C16H12F2N4O2. The molecule has 1 aromatic heterocycles. The molecule has 0 aliphatic carbocycles. The Bertz CT molecular complexity index is 804. The van der Waals surface area contributed by atoms with Gasteiger partial charge in [-0.25, -0.2) is 13.8 Å². The van der Waals surface area contributed by atoms with E-state index in [4.69, 9.17) is 14.9 Å². The zero-order valence-corrected chi connectivity index (χ0v) is 12.5. The third kappa shape index (κ3) is 4.14. The number of hydrogen-bond acceptors (Lipinski definition) is 5. The molecule has 6 nitrogen and oxygen atoms in total. The van der Waals surface area contributed by atoms with Gasteiger partial charge in [0.1, 0.15) is 24.7 Å². The van der Waals surface area contributed by atoms with E-state index in [9.17, 15) is 13.6 Å². The van der Waals surface area contributed by atoms with Crippen molar-refractivity contribution in [2.45, 2.75) is 12.8 Å². The van der Waals surface area contributed by atoms with E-state index in [1.165, 1.54) is 12.3 Å². The van der Waals surface area contributed by atoms with Gasteiger partial charge in [0.25, 0.3) is 0 Å². The first-order chi connectivity index (χ1) is 11.5. The number of nitriles is 2. The number of carbonyl (C=O) groups excluding carboxylic acids is 1. The number of nitrogens with zero attached hydrogens (tertiary/aromatic N) is 4. The maximum Gasteiger partial charge on any atom is 0.224 e. The van der Waals surface area contributed by atoms with Crippen molar-refractivity contribution in [3.05, 3.63) is 41.9 Å². The van der Waals surface area contributed by atoms with E-state index < -0.39 is 11.6 Å². The fourth-order valence-corrected chi connectivity index (χ4v) is 2.01. The number of halogens is 2. The largest absolute Gasteiger partial charge is 0.441 e. The highest BCUT2D eigenvalue weighted by Crippen LogP contribution is 2.24. The van der Waals surface area contributed by atoms with E-state index in [0.717, 1.165) is 17.0 Å². The van der Waals surface area contributed by atoms with Crippen molar-refractivity contribution in [1.29, 1.82) is 10.5 Å². The van der Waals surface area contributed by atoms with E-state index in [2.05, 4.69) is 4.98 Å². The second-order valence-electron chi connectivity index (χ2n) is 4.81. The smallest absolute Gasteiger partial charge is 0.224 e. The quantitative estimate of drug-likeness (QED) is 0.758. The second kappa shape index (κ2) is 7.84. The first-order valence-corrected chi connectivity index (χ1v) is 6.97. The number of rotatable bonds is 6. The minimum absolute atomic E-state index is 0.00475. The standard InChI is InChI=1S/C16H12F2N4O2/c17-11-1-2-12(13(18)9-11)14-10-21-15(24-14)3-4-16(23)22(7-5-19)8-6-20/h1-2,9-10H,3-4,7-8H2. The number of hydrogen-bond donors (Lipinski definition) is 0. The van der Waals surface area contributed by atoms with Crippen molar-refractivity contribution in [2.24, 2.45) is 0 Å². The molecule has 8 heteroatoms. The van der Waals surface area contributed by atoms with Crippen molar-refractivity contribution < 1.29 is 18.0 Å². The molecule has 0 saturated heterocycles. The van der Waals surface area contributed by atoms with Crippen molar-refractivity contribution in [2.75, 3.05) is 13.1 Å². The van der Waals surface area contributed by atoms with Crippen LogP contribution in [0.1, 0.15) is 12.3 Å². The Hall–Kier alpha value is -3.26.